The molecular formula is C16H17NO2S. The molecule has 2 rings (SSSR count). The number of rotatable bonds is 5. The minimum Gasteiger partial charge on any atom is -0.465 e. The lowest BCUT2D eigenvalue weighted by Crippen LogP contribution is -2.05. The maximum Gasteiger partial charge on any atom is 0.339 e. The van der Waals surface area contributed by atoms with Gasteiger partial charge in [-0.15, -0.1) is 11.8 Å². The van der Waals surface area contributed by atoms with E-state index in [0.717, 1.165) is 16.3 Å². The van der Waals surface area contributed by atoms with E-state index in [-0.39, 0.29) is 5.97 Å². The minimum atomic E-state index is -0.308. The fourth-order valence-corrected chi connectivity index (χ4v) is 3.03. The number of methoxy groups -OCH3 is 1. The summed E-state index contributed by atoms with van der Waals surface area (Å²) in [6.45, 7) is 0. The Balaban J connectivity index is 2.26. The molecule has 0 aliphatic carbocycles. The van der Waals surface area contributed by atoms with Crippen LogP contribution in [0.15, 0.2) is 53.4 Å². The number of benzene rings is 2. The van der Waals surface area contributed by atoms with Crippen LogP contribution in [0.2, 0.25) is 0 Å². The van der Waals surface area contributed by atoms with Crippen LogP contribution >= 0.6 is 11.8 Å². The van der Waals surface area contributed by atoms with Gasteiger partial charge in [-0.1, -0.05) is 36.4 Å². The average molecular weight is 287 g/mol. The first-order chi connectivity index (χ1) is 9.76. The van der Waals surface area contributed by atoms with Crippen molar-refractivity contribution < 1.29 is 9.53 Å². The van der Waals surface area contributed by atoms with Crippen LogP contribution in [0.4, 0.5) is 5.69 Å². The van der Waals surface area contributed by atoms with Gasteiger partial charge >= 0.3 is 5.97 Å². The molecule has 3 nitrogen and oxygen atoms in total. The SMILES string of the molecule is CNc1cccc(C(=O)OC)c1SCc1ccccc1. The number of carbonyl (C=O) groups excluding carboxylic acids is 1. The molecule has 0 saturated heterocycles. The first-order valence-corrected chi connectivity index (χ1v) is 7.30. The van der Waals surface area contributed by atoms with Crippen molar-refractivity contribution in [2.45, 2.75) is 10.6 Å². The van der Waals surface area contributed by atoms with Gasteiger partial charge < -0.3 is 10.1 Å². The van der Waals surface area contributed by atoms with Gasteiger partial charge in [-0.25, -0.2) is 4.79 Å². The number of nitrogens with one attached hydrogen (secondary N) is 1. The largest absolute Gasteiger partial charge is 0.465 e. The molecule has 1 N–H and O–H groups in total. The van der Waals surface area contributed by atoms with Crippen molar-refractivity contribution in [3.63, 3.8) is 0 Å². The first kappa shape index (κ1) is 14.5. The zero-order valence-electron chi connectivity index (χ0n) is 11.6. The predicted molar refractivity (Wildman–Crippen MR) is 83.3 cm³/mol. The van der Waals surface area contributed by atoms with Gasteiger partial charge in [0, 0.05) is 23.4 Å². The van der Waals surface area contributed by atoms with Crippen molar-refractivity contribution >= 4 is 23.4 Å². The topological polar surface area (TPSA) is 38.3 Å². The second-order valence-corrected chi connectivity index (χ2v) is 5.18. The van der Waals surface area contributed by atoms with E-state index in [4.69, 9.17) is 4.74 Å². The van der Waals surface area contributed by atoms with Crippen LogP contribution < -0.4 is 5.32 Å². The highest BCUT2D eigenvalue weighted by molar-refractivity contribution is 7.98. The van der Waals surface area contributed by atoms with Crippen LogP contribution in [-0.2, 0) is 10.5 Å². The van der Waals surface area contributed by atoms with Gasteiger partial charge in [0.05, 0.1) is 12.7 Å². The normalized spacial score (nSPS) is 10.1. The molecule has 0 aliphatic rings. The zero-order chi connectivity index (χ0) is 14.4. The maximum atomic E-state index is 11.9. The summed E-state index contributed by atoms with van der Waals surface area (Å²) in [6, 6.07) is 15.8. The number of ether oxygens (including phenoxy) is 1. The highest BCUT2D eigenvalue weighted by atomic mass is 32.2. The third kappa shape index (κ3) is 3.33. The summed E-state index contributed by atoms with van der Waals surface area (Å²) < 4.78 is 4.85. The molecule has 2 aromatic rings. The monoisotopic (exact) mass is 287 g/mol. The molecule has 0 aliphatic heterocycles. The Labute approximate surface area is 123 Å². The molecule has 0 spiro atoms. The van der Waals surface area contributed by atoms with E-state index < -0.39 is 0 Å². The summed E-state index contributed by atoms with van der Waals surface area (Å²) in [5.41, 5.74) is 2.76. The van der Waals surface area contributed by atoms with Crippen molar-refractivity contribution in [1.82, 2.24) is 0 Å². The number of thioether (sulfide) groups is 1. The molecule has 0 unspecified atom stereocenters. The number of hydrogen-bond acceptors (Lipinski definition) is 4. The average Bonchev–Trinajstić information content (AvgIpc) is 2.52. The van der Waals surface area contributed by atoms with Gasteiger partial charge in [-0.3, -0.25) is 0 Å². The van der Waals surface area contributed by atoms with Crippen molar-refractivity contribution in [2.75, 3.05) is 19.5 Å². The Morgan fingerprint density at radius 2 is 1.90 bits per heavy atom. The molecule has 0 heterocycles. The van der Waals surface area contributed by atoms with E-state index in [1.807, 2.05) is 37.4 Å². The Hall–Kier alpha value is -1.94. The van der Waals surface area contributed by atoms with Crippen LogP contribution in [0.3, 0.4) is 0 Å². The predicted octanol–water partition coefficient (Wildman–Crippen LogP) is 3.81. The molecule has 2 aromatic carbocycles. The fraction of sp³-hybridized carbons (Fsp3) is 0.188. The van der Waals surface area contributed by atoms with Crippen LogP contribution in [0, 0.1) is 0 Å². The van der Waals surface area contributed by atoms with E-state index in [9.17, 15) is 4.79 Å². The van der Waals surface area contributed by atoms with Gasteiger partial charge in [0.1, 0.15) is 0 Å². The smallest absolute Gasteiger partial charge is 0.339 e. The van der Waals surface area contributed by atoms with E-state index >= 15 is 0 Å². The molecule has 0 saturated carbocycles. The second kappa shape index (κ2) is 7.01. The van der Waals surface area contributed by atoms with Crippen molar-refractivity contribution in [1.29, 1.82) is 0 Å². The standard InChI is InChI=1S/C16H17NO2S/c1-17-14-10-6-9-13(16(18)19-2)15(14)20-11-12-7-4-3-5-8-12/h3-10,17H,11H2,1-2H3. The Morgan fingerprint density at radius 3 is 2.55 bits per heavy atom. The van der Waals surface area contributed by atoms with E-state index in [1.165, 1.54) is 12.7 Å². The molecule has 0 amide bonds. The Bertz CT molecular complexity index is 584. The number of esters is 1. The minimum absolute atomic E-state index is 0.308. The molecule has 0 aromatic heterocycles. The highest BCUT2D eigenvalue weighted by Crippen LogP contribution is 2.33. The lowest BCUT2D eigenvalue weighted by molar-refractivity contribution is 0.0597. The summed E-state index contributed by atoms with van der Waals surface area (Å²) in [4.78, 5) is 12.8. The van der Waals surface area contributed by atoms with Gasteiger partial charge in [0.2, 0.25) is 0 Å². The van der Waals surface area contributed by atoms with Gasteiger partial charge in [-0.2, -0.15) is 0 Å². The van der Waals surface area contributed by atoms with Gasteiger partial charge in [-0.05, 0) is 17.7 Å². The van der Waals surface area contributed by atoms with Crippen molar-refractivity contribution in [3.8, 4) is 0 Å². The fourth-order valence-electron chi connectivity index (χ4n) is 1.89. The Morgan fingerprint density at radius 1 is 1.15 bits per heavy atom. The third-order valence-electron chi connectivity index (χ3n) is 2.92. The van der Waals surface area contributed by atoms with Crippen LogP contribution in [0.5, 0.6) is 0 Å². The molecule has 0 fully saturated rings. The molecule has 104 valence electrons. The number of hydrogen-bond donors (Lipinski definition) is 1. The first-order valence-electron chi connectivity index (χ1n) is 6.32. The molecule has 0 radical (unpaired) electrons. The van der Waals surface area contributed by atoms with E-state index in [0.29, 0.717) is 5.56 Å². The Kier molecular flexibility index (Phi) is 5.07. The van der Waals surface area contributed by atoms with Crippen molar-refractivity contribution in [3.05, 3.63) is 59.7 Å². The summed E-state index contributed by atoms with van der Waals surface area (Å²) in [7, 11) is 3.25. The lowest BCUT2D eigenvalue weighted by atomic mass is 10.2. The zero-order valence-corrected chi connectivity index (χ0v) is 12.4. The summed E-state index contributed by atoms with van der Waals surface area (Å²) in [5, 5.41) is 3.12. The van der Waals surface area contributed by atoms with Gasteiger partial charge in [0.25, 0.3) is 0 Å². The maximum absolute atomic E-state index is 11.9. The molecule has 0 atom stereocenters. The van der Waals surface area contributed by atoms with Crippen LogP contribution in [-0.4, -0.2) is 20.1 Å². The van der Waals surface area contributed by atoms with Crippen molar-refractivity contribution in [2.24, 2.45) is 0 Å². The van der Waals surface area contributed by atoms with E-state index in [1.54, 1.807) is 17.8 Å². The molecule has 4 heteroatoms. The van der Waals surface area contributed by atoms with E-state index in [2.05, 4.69) is 17.4 Å². The number of anilines is 1. The third-order valence-corrected chi connectivity index (χ3v) is 4.12. The molecule has 20 heavy (non-hydrogen) atoms. The summed E-state index contributed by atoms with van der Waals surface area (Å²) in [6.07, 6.45) is 0. The van der Waals surface area contributed by atoms with Crippen LogP contribution in [0.25, 0.3) is 0 Å². The van der Waals surface area contributed by atoms with Crippen LogP contribution in [0.1, 0.15) is 15.9 Å². The molecule has 0 bridgehead atoms. The lowest BCUT2D eigenvalue weighted by Gasteiger charge is -2.12. The highest BCUT2D eigenvalue weighted by Gasteiger charge is 2.15. The summed E-state index contributed by atoms with van der Waals surface area (Å²) in [5.74, 6) is 0.501. The quantitative estimate of drug-likeness (QED) is 0.670. The second-order valence-electron chi connectivity index (χ2n) is 4.20. The molecular weight excluding hydrogens is 270 g/mol. The number of carbonyl (C=O) groups is 1. The van der Waals surface area contributed by atoms with Gasteiger partial charge in [0.15, 0.2) is 0 Å². The summed E-state index contributed by atoms with van der Waals surface area (Å²) >= 11 is 1.63.